The van der Waals surface area contributed by atoms with Crippen LogP contribution in [0.3, 0.4) is 0 Å². The Labute approximate surface area is 137 Å². The van der Waals surface area contributed by atoms with Gasteiger partial charge >= 0.3 is 6.18 Å². The lowest BCUT2D eigenvalue weighted by atomic mass is 10.1. The molecule has 2 aromatic carbocycles. The molecule has 0 radical (unpaired) electrons. The number of aromatic nitrogens is 2. The van der Waals surface area contributed by atoms with Crippen molar-refractivity contribution in [2.45, 2.75) is 25.9 Å². The number of nitrogens with zero attached hydrogens (tertiary/aromatic N) is 2. The second-order valence-electron chi connectivity index (χ2n) is 5.81. The first kappa shape index (κ1) is 16.2. The minimum absolute atomic E-state index is 0.108. The highest BCUT2D eigenvalue weighted by Crippen LogP contribution is 2.32. The van der Waals surface area contributed by atoms with Gasteiger partial charge in [-0.15, -0.1) is 0 Å². The lowest BCUT2D eigenvalue weighted by molar-refractivity contribution is -0.137. The average Bonchev–Trinajstić information content (AvgIpc) is 2.54. The van der Waals surface area contributed by atoms with Gasteiger partial charge in [-0.3, -0.25) is 0 Å². The van der Waals surface area contributed by atoms with Crippen molar-refractivity contribution in [1.82, 2.24) is 9.97 Å². The number of benzene rings is 2. The van der Waals surface area contributed by atoms with E-state index in [0.29, 0.717) is 17.3 Å². The Morgan fingerprint density at radius 3 is 2.42 bits per heavy atom. The Morgan fingerprint density at radius 2 is 1.71 bits per heavy atom. The zero-order valence-corrected chi connectivity index (χ0v) is 13.2. The molecule has 0 bridgehead atoms. The van der Waals surface area contributed by atoms with Crippen LogP contribution in [0, 0.1) is 0 Å². The molecule has 3 aromatic rings. The molecule has 0 unspecified atom stereocenters. The molecule has 1 heterocycles. The van der Waals surface area contributed by atoms with Crippen LogP contribution in [0.1, 0.15) is 31.2 Å². The third kappa shape index (κ3) is 3.32. The zero-order chi connectivity index (χ0) is 17.3. The molecule has 0 atom stereocenters. The van der Waals surface area contributed by atoms with E-state index < -0.39 is 11.7 Å². The van der Waals surface area contributed by atoms with Crippen molar-refractivity contribution >= 4 is 22.4 Å². The van der Waals surface area contributed by atoms with E-state index in [0.717, 1.165) is 23.0 Å². The normalized spacial score (nSPS) is 11.9. The van der Waals surface area contributed by atoms with Crippen LogP contribution < -0.4 is 5.32 Å². The number of nitrogens with one attached hydrogen (secondary N) is 1. The maximum Gasteiger partial charge on any atom is 0.416 e. The van der Waals surface area contributed by atoms with Gasteiger partial charge in [0.1, 0.15) is 11.6 Å². The highest BCUT2D eigenvalue weighted by atomic mass is 19.4. The monoisotopic (exact) mass is 331 g/mol. The molecule has 24 heavy (non-hydrogen) atoms. The molecular weight excluding hydrogens is 315 g/mol. The van der Waals surface area contributed by atoms with Gasteiger partial charge in [0, 0.05) is 17.0 Å². The molecule has 0 saturated carbocycles. The van der Waals surface area contributed by atoms with Crippen molar-refractivity contribution in [1.29, 1.82) is 0 Å². The van der Waals surface area contributed by atoms with E-state index >= 15 is 0 Å². The van der Waals surface area contributed by atoms with E-state index in [2.05, 4.69) is 15.3 Å². The van der Waals surface area contributed by atoms with Crippen LogP contribution in [-0.2, 0) is 6.18 Å². The Balaban J connectivity index is 2.07. The predicted octanol–water partition coefficient (Wildman–Crippen LogP) is 5.52. The molecule has 3 nitrogen and oxygen atoms in total. The predicted molar refractivity (Wildman–Crippen MR) is 88.4 cm³/mol. The van der Waals surface area contributed by atoms with Crippen molar-refractivity contribution in [3.63, 3.8) is 0 Å². The first-order chi connectivity index (χ1) is 11.3. The first-order valence-electron chi connectivity index (χ1n) is 7.55. The standard InChI is InChI=1S/C18H16F3N3/c1-11(2)16-23-15-9-4-3-8-14(15)17(24-16)22-13-7-5-6-12(10-13)18(19,20)21/h3-11H,1-2H3,(H,22,23,24). The summed E-state index contributed by atoms with van der Waals surface area (Å²) in [7, 11) is 0. The van der Waals surface area contributed by atoms with Gasteiger partial charge in [0.25, 0.3) is 0 Å². The summed E-state index contributed by atoms with van der Waals surface area (Å²) in [6, 6.07) is 12.5. The maximum absolute atomic E-state index is 12.9. The Hall–Kier alpha value is -2.63. The van der Waals surface area contributed by atoms with Gasteiger partial charge in [-0.05, 0) is 30.3 Å². The zero-order valence-electron chi connectivity index (χ0n) is 13.2. The van der Waals surface area contributed by atoms with Crippen molar-refractivity contribution in [3.05, 3.63) is 59.9 Å². The highest BCUT2D eigenvalue weighted by molar-refractivity contribution is 5.90. The van der Waals surface area contributed by atoms with Gasteiger partial charge in [-0.2, -0.15) is 13.2 Å². The summed E-state index contributed by atoms with van der Waals surface area (Å²) in [6.45, 7) is 3.94. The van der Waals surface area contributed by atoms with E-state index in [4.69, 9.17) is 0 Å². The molecule has 0 aliphatic heterocycles. The number of alkyl halides is 3. The summed E-state index contributed by atoms with van der Waals surface area (Å²) in [6.07, 6.45) is -4.38. The molecule has 124 valence electrons. The summed E-state index contributed by atoms with van der Waals surface area (Å²) in [5, 5.41) is 3.77. The van der Waals surface area contributed by atoms with Gasteiger partial charge in [0.2, 0.25) is 0 Å². The smallest absolute Gasteiger partial charge is 0.340 e. The second kappa shape index (κ2) is 6.11. The van der Waals surface area contributed by atoms with Crippen LogP contribution >= 0.6 is 0 Å². The SMILES string of the molecule is CC(C)c1nc(Nc2cccc(C(F)(F)F)c2)c2ccccc2n1. The molecule has 0 fully saturated rings. The van der Waals surface area contributed by atoms with Gasteiger partial charge in [0.15, 0.2) is 0 Å². The molecule has 0 spiro atoms. The van der Waals surface area contributed by atoms with Crippen LogP contribution in [0.2, 0.25) is 0 Å². The van der Waals surface area contributed by atoms with Crippen molar-refractivity contribution in [3.8, 4) is 0 Å². The lowest BCUT2D eigenvalue weighted by Gasteiger charge is -2.14. The largest absolute Gasteiger partial charge is 0.416 e. The molecular formula is C18H16F3N3. The molecule has 0 amide bonds. The summed E-state index contributed by atoms with van der Waals surface area (Å²) in [4.78, 5) is 8.99. The number of fused-ring (bicyclic) bond motifs is 1. The number of hydrogen-bond acceptors (Lipinski definition) is 3. The van der Waals surface area contributed by atoms with Gasteiger partial charge in [0.05, 0.1) is 11.1 Å². The number of anilines is 2. The van der Waals surface area contributed by atoms with Crippen LogP contribution in [0.25, 0.3) is 10.9 Å². The Kier molecular flexibility index (Phi) is 4.13. The fraction of sp³-hybridized carbons (Fsp3) is 0.222. The maximum atomic E-state index is 12.9. The highest BCUT2D eigenvalue weighted by Gasteiger charge is 2.30. The van der Waals surface area contributed by atoms with Gasteiger partial charge < -0.3 is 5.32 Å². The van der Waals surface area contributed by atoms with E-state index in [-0.39, 0.29) is 5.92 Å². The summed E-state index contributed by atoms with van der Waals surface area (Å²) < 4.78 is 38.6. The van der Waals surface area contributed by atoms with E-state index in [1.54, 1.807) is 6.07 Å². The van der Waals surface area contributed by atoms with Crippen molar-refractivity contribution in [2.75, 3.05) is 5.32 Å². The average molecular weight is 331 g/mol. The summed E-state index contributed by atoms with van der Waals surface area (Å²) >= 11 is 0. The van der Waals surface area contributed by atoms with E-state index in [1.807, 2.05) is 38.1 Å². The lowest BCUT2D eigenvalue weighted by Crippen LogP contribution is -2.06. The molecule has 0 aliphatic rings. The fourth-order valence-electron chi connectivity index (χ4n) is 2.36. The summed E-state index contributed by atoms with van der Waals surface area (Å²) in [5.74, 6) is 1.25. The first-order valence-corrected chi connectivity index (χ1v) is 7.55. The topological polar surface area (TPSA) is 37.8 Å². The fourth-order valence-corrected chi connectivity index (χ4v) is 2.36. The van der Waals surface area contributed by atoms with Gasteiger partial charge in [-0.1, -0.05) is 32.0 Å². The molecule has 1 aromatic heterocycles. The van der Waals surface area contributed by atoms with Crippen molar-refractivity contribution in [2.24, 2.45) is 0 Å². The third-order valence-corrected chi connectivity index (χ3v) is 3.59. The molecule has 0 saturated heterocycles. The van der Waals surface area contributed by atoms with Crippen LogP contribution in [0.15, 0.2) is 48.5 Å². The van der Waals surface area contributed by atoms with Crippen LogP contribution in [-0.4, -0.2) is 9.97 Å². The third-order valence-electron chi connectivity index (χ3n) is 3.59. The van der Waals surface area contributed by atoms with E-state index in [9.17, 15) is 13.2 Å². The van der Waals surface area contributed by atoms with Crippen LogP contribution in [0.5, 0.6) is 0 Å². The number of rotatable bonds is 3. The number of hydrogen-bond donors (Lipinski definition) is 1. The molecule has 3 rings (SSSR count). The van der Waals surface area contributed by atoms with E-state index in [1.165, 1.54) is 6.07 Å². The van der Waals surface area contributed by atoms with Crippen molar-refractivity contribution < 1.29 is 13.2 Å². The minimum atomic E-state index is -4.38. The Morgan fingerprint density at radius 1 is 0.958 bits per heavy atom. The molecule has 0 aliphatic carbocycles. The summed E-state index contributed by atoms with van der Waals surface area (Å²) in [5.41, 5.74) is 0.393. The molecule has 6 heteroatoms. The number of para-hydroxylation sites is 1. The second-order valence-corrected chi connectivity index (χ2v) is 5.81. The quantitative estimate of drug-likeness (QED) is 0.687. The van der Waals surface area contributed by atoms with Gasteiger partial charge in [-0.25, -0.2) is 9.97 Å². The molecule has 1 N–H and O–H groups in total. The minimum Gasteiger partial charge on any atom is -0.340 e. The Bertz CT molecular complexity index is 873. The number of halogens is 3. The van der Waals surface area contributed by atoms with Crippen LogP contribution in [0.4, 0.5) is 24.7 Å².